The van der Waals surface area contributed by atoms with Gasteiger partial charge in [-0.15, -0.1) is 23.7 Å². The van der Waals surface area contributed by atoms with Gasteiger partial charge in [0.05, 0.1) is 11.2 Å². The number of nitrogens with zero attached hydrogens (tertiary/aromatic N) is 2. The summed E-state index contributed by atoms with van der Waals surface area (Å²) in [4.78, 5) is 8.57. The molecule has 2 aliphatic heterocycles. The van der Waals surface area contributed by atoms with Crippen molar-refractivity contribution in [1.82, 2.24) is 15.2 Å². The van der Waals surface area contributed by atoms with E-state index >= 15 is 0 Å². The zero-order chi connectivity index (χ0) is 13.8. The van der Waals surface area contributed by atoms with Gasteiger partial charge in [-0.3, -0.25) is 4.90 Å². The van der Waals surface area contributed by atoms with Crippen molar-refractivity contribution in [3.8, 4) is 0 Å². The molecule has 120 valence electrons. The fraction of sp³-hybridized carbons (Fsp3) is 0.800. The average Bonchev–Trinajstić information content (AvgIpc) is 3.15. The van der Waals surface area contributed by atoms with Crippen molar-refractivity contribution in [2.24, 2.45) is 11.8 Å². The standard InChI is InChI=1S/C15H25N3S2.ClH/c1-12-15(20-11-17-12)9-18(7-13-2-4-16-6-13)8-14-3-5-19-10-14;/h11,13-14,16H,2-10H2,1H3;1H. The molecule has 6 heteroatoms. The van der Waals surface area contributed by atoms with Crippen molar-refractivity contribution in [1.29, 1.82) is 0 Å². The summed E-state index contributed by atoms with van der Waals surface area (Å²) in [6, 6.07) is 0. The lowest BCUT2D eigenvalue weighted by Gasteiger charge is -2.27. The molecule has 2 atom stereocenters. The quantitative estimate of drug-likeness (QED) is 0.856. The topological polar surface area (TPSA) is 28.2 Å². The Balaban J connectivity index is 0.00000161. The molecule has 21 heavy (non-hydrogen) atoms. The van der Waals surface area contributed by atoms with Crippen molar-refractivity contribution >= 4 is 35.5 Å². The Morgan fingerprint density at radius 3 is 2.81 bits per heavy atom. The highest BCUT2D eigenvalue weighted by Gasteiger charge is 2.23. The van der Waals surface area contributed by atoms with E-state index in [1.54, 1.807) is 0 Å². The second-order valence-corrected chi connectivity index (χ2v) is 8.23. The molecule has 3 nitrogen and oxygen atoms in total. The van der Waals surface area contributed by atoms with Crippen LogP contribution in [0.25, 0.3) is 0 Å². The maximum atomic E-state index is 4.41. The fourth-order valence-electron chi connectivity index (χ4n) is 3.21. The van der Waals surface area contributed by atoms with E-state index in [9.17, 15) is 0 Å². The highest BCUT2D eigenvalue weighted by atomic mass is 35.5. The molecule has 0 bridgehead atoms. The molecule has 3 heterocycles. The first-order valence-electron chi connectivity index (χ1n) is 7.71. The van der Waals surface area contributed by atoms with Crippen molar-refractivity contribution < 1.29 is 0 Å². The summed E-state index contributed by atoms with van der Waals surface area (Å²) < 4.78 is 0. The predicted molar refractivity (Wildman–Crippen MR) is 95.8 cm³/mol. The normalized spacial score (nSPS) is 25.4. The second-order valence-electron chi connectivity index (χ2n) is 6.14. The van der Waals surface area contributed by atoms with Crippen LogP contribution in [0.1, 0.15) is 23.4 Å². The summed E-state index contributed by atoms with van der Waals surface area (Å²) >= 11 is 3.95. The molecule has 2 fully saturated rings. The molecule has 0 spiro atoms. The average molecular weight is 348 g/mol. The molecule has 0 saturated carbocycles. The minimum atomic E-state index is 0. The van der Waals surface area contributed by atoms with E-state index in [4.69, 9.17) is 0 Å². The SMILES string of the molecule is Cc1ncsc1CN(CC1CCNC1)CC1CCSC1.Cl. The van der Waals surface area contributed by atoms with E-state index in [1.807, 2.05) is 16.8 Å². The van der Waals surface area contributed by atoms with Crippen LogP contribution in [-0.4, -0.2) is 47.6 Å². The van der Waals surface area contributed by atoms with E-state index in [0.717, 1.165) is 18.4 Å². The predicted octanol–water partition coefficient (Wildman–Crippen LogP) is 3.04. The number of halogens is 1. The molecule has 0 radical (unpaired) electrons. The van der Waals surface area contributed by atoms with Crippen LogP contribution < -0.4 is 5.32 Å². The van der Waals surface area contributed by atoms with E-state index in [-0.39, 0.29) is 12.4 Å². The first-order valence-corrected chi connectivity index (χ1v) is 9.74. The fourth-order valence-corrected chi connectivity index (χ4v) is 5.30. The van der Waals surface area contributed by atoms with Gasteiger partial charge in [0.15, 0.2) is 0 Å². The van der Waals surface area contributed by atoms with Gasteiger partial charge >= 0.3 is 0 Å². The van der Waals surface area contributed by atoms with Crippen LogP contribution in [0.5, 0.6) is 0 Å². The highest BCUT2D eigenvalue weighted by molar-refractivity contribution is 7.99. The van der Waals surface area contributed by atoms with Crippen LogP contribution >= 0.6 is 35.5 Å². The number of rotatable bonds is 6. The van der Waals surface area contributed by atoms with Gasteiger partial charge in [-0.25, -0.2) is 4.98 Å². The third-order valence-electron chi connectivity index (χ3n) is 4.43. The monoisotopic (exact) mass is 347 g/mol. The van der Waals surface area contributed by atoms with Crippen LogP contribution in [0.15, 0.2) is 5.51 Å². The molecular formula is C15H26ClN3S2. The number of aromatic nitrogens is 1. The van der Waals surface area contributed by atoms with Gasteiger partial charge in [0.2, 0.25) is 0 Å². The van der Waals surface area contributed by atoms with Crippen molar-refractivity contribution in [3.63, 3.8) is 0 Å². The van der Waals surface area contributed by atoms with Gasteiger partial charge in [-0.05, 0) is 56.2 Å². The van der Waals surface area contributed by atoms with Gasteiger partial charge in [0, 0.05) is 24.5 Å². The smallest absolute Gasteiger partial charge is 0.0798 e. The third kappa shape index (κ3) is 5.10. The van der Waals surface area contributed by atoms with E-state index in [0.29, 0.717) is 0 Å². The van der Waals surface area contributed by atoms with Gasteiger partial charge in [-0.2, -0.15) is 11.8 Å². The second kappa shape index (κ2) is 8.73. The first-order chi connectivity index (χ1) is 9.81. The Kier molecular flexibility index (Phi) is 7.29. The molecule has 1 N–H and O–H groups in total. The zero-order valence-electron chi connectivity index (χ0n) is 12.7. The number of aryl methyl sites for hydroxylation is 1. The van der Waals surface area contributed by atoms with Crippen LogP contribution in [0.3, 0.4) is 0 Å². The molecule has 1 aromatic heterocycles. The minimum absolute atomic E-state index is 0. The summed E-state index contributed by atoms with van der Waals surface area (Å²) in [7, 11) is 0. The zero-order valence-corrected chi connectivity index (χ0v) is 15.2. The lowest BCUT2D eigenvalue weighted by atomic mass is 10.1. The van der Waals surface area contributed by atoms with Crippen LogP contribution in [0.2, 0.25) is 0 Å². The van der Waals surface area contributed by atoms with Gasteiger partial charge in [-0.1, -0.05) is 0 Å². The molecule has 2 aliphatic rings. The molecule has 0 aliphatic carbocycles. The number of thioether (sulfide) groups is 1. The lowest BCUT2D eigenvalue weighted by Crippen LogP contribution is -2.34. The van der Waals surface area contributed by atoms with Crippen molar-refractivity contribution in [2.75, 3.05) is 37.7 Å². The molecular weight excluding hydrogens is 322 g/mol. The summed E-state index contributed by atoms with van der Waals surface area (Å²) in [6.45, 7) is 8.20. The Morgan fingerprint density at radius 1 is 1.33 bits per heavy atom. The summed E-state index contributed by atoms with van der Waals surface area (Å²) in [5, 5.41) is 3.50. The summed E-state index contributed by atoms with van der Waals surface area (Å²) in [6.07, 6.45) is 2.75. The molecule has 3 rings (SSSR count). The Bertz CT molecular complexity index is 397. The molecule has 2 saturated heterocycles. The Labute approximate surface area is 142 Å². The molecule has 1 aromatic rings. The molecule has 0 aromatic carbocycles. The Hall–Kier alpha value is 0.190. The third-order valence-corrected chi connectivity index (χ3v) is 6.58. The van der Waals surface area contributed by atoms with E-state index in [2.05, 4.69) is 33.9 Å². The maximum absolute atomic E-state index is 4.41. The minimum Gasteiger partial charge on any atom is -0.316 e. The van der Waals surface area contributed by atoms with Crippen LogP contribution in [0, 0.1) is 18.8 Å². The molecule has 2 unspecified atom stereocenters. The number of thiazole rings is 1. The number of hydrogen-bond acceptors (Lipinski definition) is 5. The highest BCUT2D eigenvalue weighted by Crippen LogP contribution is 2.26. The van der Waals surface area contributed by atoms with Crippen LogP contribution in [0.4, 0.5) is 0 Å². The molecule has 0 amide bonds. The van der Waals surface area contributed by atoms with Gasteiger partial charge in [0.1, 0.15) is 0 Å². The lowest BCUT2D eigenvalue weighted by molar-refractivity contribution is 0.203. The van der Waals surface area contributed by atoms with Crippen molar-refractivity contribution in [3.05, 3.63) is 16.1 Å². The largest absolute Gasteiger partial charge is 0.316 e. The van der Waals surface area contributed by atoms with Crippen LogP contribution in [-0.2, 0) is 6.54 Å². The summed E-state index contributed by atoms with van der Waals surface area (Å²) in [5.41, 5.74) is 3.22. The van der Waals surface area contributed by atoms with Crippen molar-refractivity contribution in [2.45, 2.75) is 26.3 Å². The summed E-state index contributed by atoms with van der Waals surface area (Å²) in [5.74, 6) is 4.48. The Morgan fingerprint density at radius 2 is 2.19 bits per heavy atom. The number of nitrogens with one attached hydrogen (secondary N) is 1. The van der Waals surface area contributed by atoms with E-state index < -0.39 is 0 Å². The first kappa shape index (κ1) is 17.5. The van der Waals surface area contributed by atoms with Gasteiger partial charge in [0.25, 0.3) is 0 Å². The van der Waals surface area contributed by atoms with Gasteiger partial charge < -0.3 is 5.32 Å². The maximum Gasteiger partial charge on any atom is 0.0798 e. The number of hydrogen-bond donors (Lipinski definition) is 1. The van der Waals surface area contributed by atoms with E-state index in [1.165, 1.54) is 61.1 Å².